The third-order valence-corrected chi connectivity index (χ3v) is 5.88. The molecule has 0 radical (unpaired) electrons. The lowest BCUT2D eigenvalue weighted by Gasteiger charge is -2.41. The van der Waals surface area contributed by atoms with E-state index >= 15 is 0 Å². The van der Waals surface area contributed by atoms with Gasteiger partial charge in [-0.15, -0.1) is 0 Å². The molecule has 26 heavy (non-hydrogen) atoms. The quantitative estimate of drug-likeness (QED) is 0.836. The predicted molar refractivity (Wildman–Crippen MR) is 103 cm³/mol. The lowest BCUT2D eigenvalue weighted by molar-refractivity contribution is 0.0853. The number of likely N-dealkylation sites (tertiary alicyclic amines) is 2. The van der Waals surface area contributed by atoms with E-state index < -0.39 is 0 Å². The number of H-pyrrole nitrogens is 1. The van der Waals surface area contributed by atoms with E-state index in [0.29, 0.717) is 12.5 Å². The lowest BCUT2D eigenvalue weighted by atomic mass is 9.93. The van der Waals surface area contributed by atoms with Crippen LogP contribution in [-0.4, -0.2) is 83.6 Å². The minimum atomic E-state index is -0.0169. The largest absolute Gasteiger partial charge is 0.345 e. The van der Waals surface area contributed by atoms with Crippen molar-refractivity contribution in [2.45, 2.75) is 45.2 Å². The van der Waals surface area contributed by atoms with Crippen molar-refractivity contribution in [3.63, 3.8) is 0 Å². The number of imidazole rings is 1. The van der Waals surface area contributed by atoms with Gasteiger partial charge in [-0.1, -0.05) is 0 Å². The summed E-state index contributed by atoms with van der Waals surface area (Å²) in [5.41, 5.74) is 1.02. The SMILES string of the molecule is Cc1cnc(CN(C)C(=O)NCC2CCN(C3CCN(C)CC3)CC2)[nH]1. The molecule has 7 nitrogen and oxygen atoms in total. The normalized spacial score (nSPS) is 21.0. The van der Waals surface area contributed by atoms with Gasteiger partial charge in [0.25, 0.3) is 0 Å². The summed E-state index contributed by atoms with van der Waals surface area (Å²) in [5.74, 6) is 1.42. The van der Waals surface area contributed by atoms with E-state index in [4.69, 9.17) is 0 Å². The van der Waals surface area contributed by atoms with E-state index in [1.807, 2.05) is 14.0 Å². The molecule has 2 fully saturated rings. The first kappa shape index (κ1) is 19.2. The fraction of sp³-hybridized carbons (Fsp3) is 0.789. The van der Waals surface area contributed by atoms with E-state index in [9.17, 15) is 4.79 Å². The van der Waals surface area contributed by atoms with E-state index in [1.54, 1.807) is 11.1 Å². The number of amides is 2. The summed E-state index contributed by atoms with van der Waals surface area (Å²) in [4.78, 5) is 26.5. The molecule has 3 rings (SSSR count). The third-order valence-electron chi connectivity index (χ3n) is 5.88. The summed E-state index contributed by atoms with van der Waals surface area (Å²) in [6, 6.07) is 0.751. The van der Waals surface area contributed by atoms with Gasteiger partial charge in [0.15, 0.2) is 0 Å². The Balaban J connectivity index is 1.34. The van der Waals surface area contributed by atoms with Crippen LogP contribution in [0.5, 0.6) is 0 Å². The Morgan fingerprint density at radius 2 is 1.96 bits per heavy atom. The lowest BCUT2D eigenvalue weighted by Crippen LogP contribution is -2.48. The van der Waals surface area contributed by atoms with Crippen LogP contribution in [0, 0.1) is 12.8 Å². The first-order chi connectivity index (χ1) is 12.5. The van der Waals surface area contributed by atoms with Crippen molar-refractivity contribution in [2.75, 3.05) is 46.8 Å². The van der Waals surface area contributed by atoms with Crippen LogP contribution in [-0.2, 0) is 6.54 Å². The topological polar surface area (TPSA) is 67.5 Å². The van der Waals surface area contributed by atoms with Gasteiger partial charge in [0.05, 0.1) is 6.54 Å². The van der Waals surface area contributed by atoms with Gasteiger partial charge in [0.2, 0.25) is 0 Å². The number of piperidine rings is 2. The molecule has 0 unspecified atom stereocenters. The third kappa shape index (κ3) is 5.20. The van der Waals surface area contributed by atoms with Crippen LogP contribution in [0.3, 0.4) is 0 Å². The molecule has 2 N–H and O–H groups in total. The Labute approximate surface area is 157 Å². The Hall–Kier alpha value is -1.60. The molecule has 0 atom stereocenters. The molecule has 1 aromatic heterocycles. The molecule has 0 aromatic carbocycles. The minimum Gasteiger partial charge on any atom is -0.345 e. The maximum absolute atomic E-state index is 12.3. The molecule has 3 heterocycles. The number of hydrogen-bond donors (Lipinski definition) is 2. The second-order valence-electron chi connectivity index (χ2n) is 8.07. The summed E-state index contributed by atoms with van der Waals surface area (Å²) < 4.78 is 0. The summed E-state index contributed by atoms with van der Waals surface area (Å²) >= 11 is 0. The molecule has 0 bridgehead atoms. The maximum Gasteiger partial charge on any atom is 0.317 e. The zero-order valence-electron chi connectivity index (χ0n) is 16.5. The zero-order valence-corrected chi connectivity index (χ0v) is 16.5. The molecule has 2 aliphatic rings. The van der Waals surface area contributed by atoms with Crippen LogP contribution >= 0.6 is 0 Å². The van der Waals surface area contributed by atoms with Crippen molar-refractivity contribution < 1.29 is 4.79 Å². The molecule has 0 saturated carbocycles. The van der Waals surface area contributed by atoms with E-state index in [-0.39, 0.29) is 6.03 Å². The highest BCUT2D eigenvalue weighted by Gasteiger charge is 2.27. The van der Waals surface area contributed by atoms with Gasteiger partial charge < -0.3 is 25.0 Å². The number of aromatic amines is 1. The molecule has 2 amide bonds. The molecule has 0 spiro atoms. The van der Waals surface area contributed by atoms with Crippen molar-refractivity contribution in [2.24, 2.45) is 5.92 Å². The van der Waals surface area contributed by atoms with Gasteiger partial charge in [-0.25, -0.2) is 9.78 Å². The van der Waals surface area contributed by atoms with Crippen molar-refractivity contribution in [3.05, 3.63) is 17.7 Å². The molecular formula is C19H34N6O. The van der Waals surface area contributed by atoms with Crippen LogP contribution in [0.15, 0.2) is 6.20 Å². The Morgan fingerprint density at radius 3 is 2.58 bits per heavy atom. The number of carbonyl (C=O) groups is 1. The number of hydrogen-bond acceptors (Lipinski definition) is 4. The summed E-state index contributed by atoms with van der Waals surface area (Å²) in [6.45, 7) is 8.06. The van der Waals surface area contributed by atoms with Crippen molar-refractivity contribution in [1.29, 1.82) is 0 Å². The highest BCUT2D eigenvalue weighted by molar-refractivity contribution is 5.73. The van der Waals surface area contributed by atoms with Crippen LogP contribution < -0.4 is 5.32 Å². The highest BCUT2D eigenvalue weighted by atomic mass is 16.2. The van der Waals surface area contributed by atoms with Gasteiger partial charge >= 0.3 is 6.03 Å². The number of aryl methyl sites for hydroxylation is 1. The number of urea groups is 1. The fourth-order valence-electron chi connectivity index (χ4n) is 4.09. The van der Waals surface area contributed by atoms with E-state index in [0.717, 1.165) is 24.1 Å². The van der Waals surface area contributed by atoms with Crippen LogP contribution in [0.2, 0.25) is 0 Å². The molecule has 0 aliphatic carbocycles. The molecule has 2 saturated heterocycles. The Morgan fingerprint density at radius 1 is 1.27 bits per heavy atom. The number of nitrogens with zero attached hydrogens (tertiary/aromatic N) is 4. The number of rotatable bonds is 5. The minimum absolute atomic E-state index is 0.0169. The van der Waals surface area contributed by atoms with Crippen molar-refractivity contribution in [1.82, 2.24) is 30.0 Å². The van der Waals surface area contributed by atoms with Gasteiger partial charge in [-0.3, -0.25) is 0 Å². The first-order valence-electron chi connectivity index (χ1n) is 9.93. The van der Waals surface area contributed by atoms with Gasteiger partial charge in [0, 0.05) is 31.5 Å². The van der Waals surface area contributed by atoms with Crippen LogP contribution in [0.1, 0.15) is 37.2 Å². The average molecular weight is 363 g/mol. The molecule has 146 valence electrons. The van der Waals surface area contributed by atoms with Gasteiger partial charge in [-0.2, -0.15) is 0 Å². The summed E-state index contributed by atoms with van der Waals surface area (Å²) in [7, 11) is 4.03. The Bertz CT molecular complexity index is 572. The maximum atomic E-state index is 12.3. The number of carbonyl (C=O) groups excluding carboxylic acids is 1. The second kappa shape index (κ2) is 8.86. The predicted octanol–water partition coefficient (Wildman–Crippen LogP) is 1.67. The standard InChI is InChI=1S/C19H34N6O/c1-15-12-20-18(22-15)14-24(3)19(26)21-13-16-4-10-25(11-5-16)17-6-8-23(2)9-7-17/h12,16-17H,4-11,13-14H2,1-3H3,(H,20,22)(H,21,26). The van der Waals surface area contributed by atoms with Gasteiger partial charge in [0.1, 0.15) is 5.82 Å². The molecular weight excluding hydrogens is 328 g/mol. The van der Waals surface area contributed by atoms with E-state index in [1.165, 1.54) is 51.9 Å². The summed E-state index contributed by atoms with van der Waals surface area (Å²) in [6.07, 6.45) is 6.77. The highest BCUT2D eigenvalue weighted by Crippen LogP contribution is 2.23. The monoisotopic (exact) mass is 362 g/mol. The number of nitrogens with one attached hydrogen (secondary N) is 2. The van der Waals surface area contributed by atoms with Crippen LogP contribution in [0.25, 0.3) is 0 Å². The fourth-order valence-corrected chi connectivity index (χ4v) is 4.09. The van der Waals surface area contributed by atoms with Crippen LogP contribution in [0.4, 0.5) is 4.79 Å². The summed E-state index contributed by atoms with van der Waals surface area (Å²) in [5, 5.41) is 3.10. The molecule has 7 heteroatoms. The zero-order chi connectivity index (χ0) is 18.5. The second-order valence-corrected chi connectivity index (χ2v) is 8.07. The average Bonchev–Trinajstić information content (AvgIpc) is 3.05. The molecule has 2 aliphatic heterocycles. The van der Waals surface area contributed by atoms with Gasteiger partial charge in [-0.05, 0) is 71.8 Å². The first-order valence-corrected chi connectivity index (χ1v) is 9.93. The van der Waals surface area contributed by atoms with Crippen molar-refractivity contribution in [3.8, 4) is 0 Å². The smallest absolute Gasteiger partial charge is 0.317 e. The number of aromatic nitrogens is 2. The molecule has 1 aromatic rings. The van der Waals surface area contributed by atoms with Crippen molar-refractivity contribution >= 4 is 6.03 Å². The Kier molecular flexibility index (Phi) is 6.53. The van der Waals surface area contributed by atoms with E-state index in [2.05, 4.69) is 32.1 Å².